The molecule has 0 aliphatic heterocycles. The maximum Gasteiger partial charge on any atom is 0.276 e. The Bertz CT molecular complexity index is 1120. The van der Waals surface area contributed by atoms with Crippen LogP contribution in [-0.2, 0) is 6.54 Å². The zero-order chi connectivity index (χ0) is 23.3. The van der Waals surface area contributed by atoms with Gasteiger partial charge in [0.2, 0.25) is 0 Å². The molecule has 0 aliphatic rings. The summed E-state index contributed by atoms with van der Waals surface area (Å²) in [6, 6.07) is 12.0. The third-order valence-corrected chi connectivity index (χ3v) is 4.98. The highest BCUT2D eigenvalue weighted by molar-refractivity contribution is 6.30. The van der Waals surface area contributed by atoms with Gasteiger partial charge in [-0.15, -0.1) is 0 Å². The molecule has 0 atom stereocenters. The van der Waals surface area contributed by atoms with Crippen molar-refractivity contribution in [2.75, 3.05) is 19.0 Å². The van der Waals surface area contributed by atoms with Crippen molar-refractivity contribution in [1.82, 2.24) is 9.78 Å². The number of carbonyl (C=O) groups excluding carboxylic acids is 2. The van der Waals surface area contributed by atoms with Crippen LogP contribution >= 0.6 is 11.6 Å². The predicted octanol–water partition coefficient (Wildman–Crippen LogP) is 5.00. The van der Waals surface area contributed by atoms with Crippen molar-refractivity contribution in [3.8, 4) is 11.5 Å². The average Bonchev–Trinajstić information content (AvgIpc) is 3.13. The molecule has 168 valence electrons. The molecular weight excluding hydrogens is 430 g/mol. The lowest BCUT2D eigenvalue weighted by Crippen LogP contribution is -2.14. The Kier molecular flexibility index (Phi) is 7.53. The molecule has 0 saturated heterocycles. The summed E-state index contributed by atoms with van der Waals surface area (Å²) in [6.07, 6.45) is 0.699. The standard InChI is InChI=1S/C24H26ClN3O4/c1-15(2)14-32-22-8-6-19(25)10-18(22)12-28-16(3)9-21(27-28)24(30)26-20-7-5-17(13-29)23(11-20)31-4/h5-11,13,15H,12,14H2,1-4H3,(H,26,30). The number of nitrogens with one attached hydrogen (secondary N) is 1. The monoisotopic (exact) mass is 455 g/mol. The van der Waals surface area contributed by atoms with E-state index in [0.717, 1.165) is 17.0 Å². The number of aryl methyl sites for hydroxylation is 1. The van der Waals surface area contributed by atoms with Gasteiger partial charge in [-0.25, -0.2) is 0 Å². The van der Waals surface area contributed by atoms with E-state index in [4.69, 9.17) is 21.1 Å². The van der Waals surface area contributed by atoms with Gasteiger partial charge in [-0.2, -0.15) is 5.10 Å². The van der Waals surface area contributed by atoms with Crippen molar-refractivity contribution in [2.45, 2.75) is 27.3 Å². The Morgan fingerprint density at radius 1 is 1.19 bits per heavy atom. The molecule has 8 heteroatoms. The van der Waals surface area contributed by atoms with Gasteiger partial charge < -0.3 is 14.8 Å². The largest absolute Gasteiger partial charge is 0.496 e. The second kappa shape index (κ2) is 10.3. The molecule has 0 radical (unpaired) electrons. The summed E-state index contributed by atoms with van der Waals surface area (Å²) in [6.45, 7) is 7.05. The molecule has 3 aromatic rings. The van der Waals surface area contributed by atoms with Gasteiger partial charge in [0.1, 0.15) is 11.5 Å². The van der Waals surface area contributed by atoms with Crippen LogP contribution in [0.25, 0.3) is 0 Å². The molecule has 1 heterocycles. The van der Waals surface area contributed by atoms with E-state index < -0.39 is 0 Å². The lowest BCUT2D eigenvalue weighted by atomic mass is 10.2. The highest BCUT2D eigenvalue weighted by Crippen LogP contribution is 2.25. The van der Waals surface area contributed by atoms with Gasteiger partial charge in [0, 0.05) is 28.0 Å². The quantitative estimate of drug-likeness (QED) is 0.459. The zero-order valence-electron chi connectivity index (χ0n) is 18.5. The normalized spacial score (nSPS) is 10.8. The Hall–Kier alpha value is -3.32. The van der Waals surface area contributed by atoms with E-state index in [1.807, 2.05) is 19.1 Å². The lowest BCUT2D eigenvalue weighted by molar-refractivity contribution is 0.102. The van der Waals surface area contributed by atoms with E-state index in [2.05, 4.69) is 24.3 Å². The number of amides is 1. The molecule has 0 unspecified atom stereocenters. The topological polar surface area (TPSA) is 82.4 Å². The van der Waals surface area contributed by atoms with Crippen LogP contribution in [0.2, 0.25) is 5.02 Å². The number of rotatable bonds is 9. The van der Waals surface area contributed by atoms with E-state index in [1.54, 1.807) is 35.0 Å². The first-order valence-electron chi connectivity index (χ1n) is 10.2. The lowest BCUT2D eigenvalue weighted by Gasteiger charge is -2.14. The molecule has 0 fully saturated rings. The summed E-state index contributed by atoms with van der Waals surface area (Å²) in [5, 5.41) is 7.85. The number of anilines is 1. The van der Waals surface area contributed by atoms with Crippen LogP contribution in [0.1, 0.15) is 46.0 Å². The van der Waals surface area contributed by atoms with Gasteiger partial charge in [-0.3, -0.25) is 14.3 Å². The molecule has 1 amide bonds. The van der Waals surface area contributed by atoms with Gasteiger partial charge in [0.05, 0.1) is 25.8 Å². The first kappa shape index (κ1) is 23.3. The highest BCUT2D eigenvalue weighted by atomic mass is 35.5. The summed E-state index contributed by atoms with van der Waals surface area (Å²) in [4.78, 5) is 23.8. The van der Waals surface area contributed by atoms with Crippen molar-refractivity contribution < 1.29 is 19.1 Å². The molecule has 7 nitrogen and oxygen atoms in total. The number of aromatic nitrogens is 2. The van der Waals surface area contributed by atoms with Crippen molar-refractivity contribution >= 4 is 29.5 Å². The maximum absolute atomic E-state index is 12.7. The molecule has 0 aliphatic carbocycles. The minimum absolute atomic E-state index is 0.271. The van der Waals surface area contributed by atoms with Crippen molar-refractivity contribution in [1.29, 1.82) is 0 Å². The SMILES string of the molecule is COc1cc(NC(=O)c2cc(C)n(Cc3cc(Cl)ccc3OCC(C)C)n2)ccc1C=O. The third kappa shape index (κ3) is 5.68. The fourth-order valence-electron chi connectivity index (χ4n) is 3.09. The van der Waals surface area contributed by atoms with Gasteiger partial charge in [-0.05, 0) is 49.2 Å². The number of carbonyl (C=O) groups is 2. The molecule has 0 spiro atoms. The van der Waals surface area contributed by atoms with E-state index in [0.29, 0.717) is 47.4 Å². The maximum atomic E-state index is 12.7. The number of halogens is 1. The Balaban J connectivity index is 1.79. The molecule has 0 bridgehead atoms. The van der Waals surface area contributed by atoms with E-state index in [-0.39, 0.29) is 11.6 Å². The Morgan fingerprint density at radius 2 is 1.97 bits per heavy atom. The van der Waals surface area contributed by atoms with E-state index >= 15 is 0 Å². The zero-order valence-corrected chi connectivity index (χ0v) is 19.3. The molecule has 1 N–H and O–H groups in total. The minimum atomic E-state index is -0.366. The second-order valence-corrected chi connectivity index (χ2v) is 8.25. The minimum Gasteiger partial charge on any atom is -0.496 e. The Morgan fingerprint density at radius 3 is 2.66 bits per heavy atom. The number of hydrogen-bond acceptors (Lipinski definition) is 5. The summed E-state index contributed by atoms with van der Waals surface area (Å²) in [5.41, 5.74) is 2.88. The summed E-state index contributed by atoms with van der Waals surface area (Å²) in [5.74, 6) is 1.15. The number of nitrogens with zero attached hydrogens (tertiary/aromatic N) is 2. The van der Waals surface area contributed by atoms with Gasteiger partial charge in [-0.1, -0.05) is 25.4 Å². The number of methoxy groups -OCH3 is 1. The summed E-state index contributed by atoms with van der Waals surface area (Å²) >= 11 is 6.20. The average molecular weight is 456 g/mol. The molecule has 0 saturated carbocycles. The third-order valence-electron chi connectivity index (χ3n) is 4.75. The molecule has 1 aromatic heterocycles. The van der Waals surface area contributed by atoms with Gasteiger partial charge >= 0.3 is 0 Å². The van der Waals surface area contributed by atoms with Crippen molar-refractivity contribution in [2.24, 2.45) is 5.92 Å². The number of benzene rings is 2. The fourth-order valence-corrected chi connectivity index (χ4v) is 3.29. The molecular formula is C24H26ClN3O4. The summed E-state index contributed by atoms with van der Waals surface area (Å²) in [7, 11) is 1.47. The Labute approximate surface area is 192 Å². The first-order valence-corrected chi connectivity index (χ1v) is 10.6. The van der Waals surface area contributed by atoms with E-state index in [9.17, 15) is 9.59 Å². The number of aldehydes is 1. The molecule has 2 aromatic carbocycles. The van der Waals surface area contributed by atoms with Crippen LogP contribution in [0.15, 0.2) is 42.5 Å². The van der Waals surface area contributed by atoms with Crippen LogP contribution in [0.4, 0.5) is 5.69 Å². The highest BCUT2D eigenvalue weighted by Gasteiger charge is 2.15. The van der Waals surface area contributed by atoms with Crippen molar-refractivity contribution in [3.63, 3.8) is 0 Å². The molecule has 32 heavy (non-hydrogen) atoms. The first-order chi connectivity index (χ1) is 15.3. The van der Waals surface area contributed by atoms with Crippen LogP contribution in [0, 0.1) is 12.8 Å². The second-order valence-electron chi connectivity index (χ2n) is 7.81. The van der Waals surface area contributed by atoms with Gasteiger partial charge in [0.15, 0.2) is 12.0 Å². The molecule has 3 rings (SSSR count). The van der Waals surface area contributed by atoms with Crippen LogP contribution < -0.4 is 14.8 Å². The van der Waals surface area contributed by atoms with Gasteiger partial charge in [0.25, 0.3) is 5.91 Å². The predicted molar refractivity (Wildman–Crippen MR) is 124 cm³/mol. The number of ether oxygens (including phenoxy) is 2. The van der Waals surface area contributed by atoms with Crippen LogP contribution in [0.5, 0.6) is 11.5 Å². The van der Waals surface area contributed by atoms with E-state index in [1.165, 1.54) is 7.11 Å². The fraction of sp³-hybridized carbons (Fsp3) is 0.292. The van der Waals surface area contributed by atoms with Crippen LogP contribution in [0.3, 0.4) is 0 Å². The van der Waals surface area contributed by atoms with Crippen LogP contribution in [-0.4, -0.2) is 35.7 Å². The van der Waals surface area contributed by atoms with Crippen molar-refractivity contribution in [3.05, 3.63) is 70.0 Å². The summed E-state index contributed by atoms with van der Waals surface area (Å²) < 4.78 is 12.8. The smallest absolute Gasteiger partial charge is 0.276 e. The number of hydrogen-bond donors (Lipinski definition) is 1.